The van der Waals surface area contributed by atoms with Crippen molar-refractivity contribution in [2.45, 2.75) is 23.9 Å². The first-order valence-corrected chi connectivity index (χ1v) is 11.6. The summed E-state index contributed by atoms with van der Waals surface area (Å²) in [4.78, 5) is 13.2. The number of carbonyl (C=O) groups excluding carboxylic acids is 1. The molecule has 0 bridgehead atoms. The maximum atomic E-state index is 13.2. The standard InChI is InChI=1S/C25H23ClN4O2S/c1-17-8-12-20(13-9-17)27-24(31)23(18-6-4-3-5-7-18)33-25-29-28-22(30(25)2)16-32-21-14-10-19(26)11-15-21/h3-15,23H,16H2,1-2H3,(H,27,31)/t23-/m1/s1. The lowest BCUT2D eigenvalue weighted by atomic mass is 10.1. The molecule has 0 aliphatic heterocycles. The zero-order valence-corrected chi connectivity index (χ0v) is 19.8. The quantitative estimate of drug-likeness (QED) is 0.323. The number of halogens is 1. The molecule has 1 heterocycles. The number of thioether (sulfide) groups is 1. The molecule has 1 aromatic heterocycles. The van der Waals surface area contributed by atoms with Gasteiger partial charge < -0.3 is 14.6 Å². The summed E-state index contributed by atoms with van der Waals surface area (Å²) in [6.45, 7) is 2.26. The predicted octanol–water partition coefficient (Wildman–Crippen LogP) is 5.83. The first kappa shape index (κ1) is 22.9. The number of benzene rings is 3. The maximum Gasteiger partial charge on any atom is 0.242 e. The average molecular weight is 479 g/mol. The number of anilines is 1. The van der Waals surface area contributed by atoms with Gasteiger partial charge in [-0.2, -0.15) is 0 Å². The van der Waals surface area contributed by atoms with E-state index in [0.717, 1.165) is 16.8 Å². The zero-order valence-electron chi connectivity index (χ0n) is 18.2. The van der Waals surface area contributed by atoms with E-state index in [4.69, 9.17) is 16.3 Å². The summed E-state index contributed by atoms with van der Waals surface area (Å²) >= 11 is 7.27. The normalized spacial score (nSPS) is 11.7. The molecule has 4 rings (SSSR count). The predicted molar refractivity (Wildman–Crippen MR) is 132 cm³/mol. The first-order chi connectivity index (χ1) is 16.0. The average Bonchev–Trinajstić information content (AvgIpc) is 3.18. The highest BCUT2D eigenvalue weighted by Crippen LogP contribution is 2.35. The molecule has 1 atom stereocenters. The molecule has 33 heavy (non-hydrogen) atoms. The number of aryl methyl sites for hydroxylation is 1. The van der Waals surface area contributed by atoms with E-state index in [2.05, 4.69) is 15.5 Å². The van der Waals surface area contributed by atoms with E-state index in [9.17, 15) is 4.79 Å². The van der Waals surface area contributed by atoms with Crippen LogP contribution in [0.3, 0.4) is 0 Å². The number of ether oxygens (including phenoxy) is 1. The van der Waals surface area contributed by atoms with Gasteiger partial charge in [-0.25, -0.2) is 0 Å². The van der Waals surface area contributed by atoms with E-state index in [1.54, 1.807) is 24.3 Å². The number of rotatable bonds is 8. The van der Waals surface area contributed by atoms with Gasteiger partial charge in [0.05, 0.1) is 0 Å². The molecule has 8 heteroatoms. The highest BCUT2D eigenvalue weighted by Gasteiger charge is 2.25. The fourth-order valence-electron chi connectivity index (χ4n) is 3.10. The molecular weight excluding hydrogens is 456 g/mol. The van der Waals surface area contributed by atoms with E-state index in [1.165, 1.54) is 11.8 Å². The highest BCUT2D eigenvalue weighted by atomic mass is 35.5. The lowest BCUT2D eigenvalue weighted by molar-refractivity contribution is -0.115. The zero-order chi connectivity index (χ0) is 23.2. The molecule has 6 nitrogen and oxygen atoms in total. The molecule has 0 saturated carbocycles. The van der Waals surface area contributed by atoms with E-state index >= 15 is 0 Å². The van der Waals surface area contributed by atoms with Crippen LogP contribution in [-0.2, 0) is 18.4 Å². The number of nitrogens with zero attached hydrogens (tertiary/aromatic N) is 3. The van der Waals surface area contributed by atoms with Crippen molar-refractivity contribution < 1.29 is 9.53 Å². The van der Waals surface area contributed by atoms with E-state index < -0.39 is 5.25 Å². The first-order valence-electron chi connectivity index (χ1n) is 10.4. The summed E-state index contributed by atoms with van der Waals surface area (Å²) in [5.74, 6) is 1.21. The van der Waals surface area contributed by atoms with Crippen molar-refractivity contribution in [3.05, 3.63) is 101 Å². The van der Waals surface area contributed by atoms with Crippen molar-refractivity contribution in [2.75, 3.05) is 5.32 Å². The van der Waals surface area contributed by atoms with Gasteiger partial charge in [-0.15, -0.1) is 10.2 Å². The maximum absolute atomic E-state index is 13.2. The topological polar surface area (TPSA) is 69.0 Å². The lowest BCUT2D eigenvalue weighted by Gasteiger charge is -2.17. The van der Waals surface area contributed by atoms with Crippen molar-refractivity contribution in [1.82, 2.24) is 14.8 Å². The van der Waals surface area contributed by atoms with E-state index in [1.807, 2.05) is 73.1 Å². The van der Waals surface area contributed by atoms with Gasteiger partial charge in [0, 0.05) is 17.8 Å². The van der Waals surface area contributed by atoms with Crippen LogP contribution in [0.2, 0.25) is 5.02 Å². The Labute approximate surface area is 202 Å². The SMILES string of the molecule is Cc1ccc(NC(=O)[C@H](Sc2nnc(COc3ccc(Cl)cc3)n2C)c2ccccc2)cc1. The van der Waals surface area contributed by atoms with Crippen LogP contribution in [0.25, 0.3) is 0 Å². The summed E-state index contributed by atoms with van der Waals surface area (Å²) in [5.41, 5.74) is 2.77. The van der Waals surface area contributed by atoms with Crippen molar-refractivity contribution in [2.24, 2.45) is 7.05 Å². The van der Waals surface area contributed by atoms with Crippen LogP contribution >= 0.6 is 23.4 Å². The fraction of sp³-hybridized carbons (Fsp3) is 0.160. The number of nitrogens with one attached hydrogen (secondary N) is 1. The number of amides is 1. The molecular formula is C25H23ClN4O2S. The summed E-state index contributed by atoms with van der Waals surface area (Å²) in [6.07, 6.45) is 0. The van der Waals surface area contributed by atoms with Gasteiger partial charge >= 0.3 is 0 Å². The van der Waals surface area contributed by atoms with Crippen LogP contribution < -0.4 is 10.1 Å². The fourth-order valence-corrected chi connectivity index (χ4v) is 4.25. The molecule has 0 saturated heterocycles. The van der Waals surface area contributed by atoms with Crippen molar-refractivity contribution in [1.29, 1.82) is 0 Å². The summed E-state index contributed by atoms with van der Waals surface area (Å²) in [7, 11) is 1.86. The largest absolute Gasteiger partial charge is 0.486 e. The highest BCUT2D eigenvalue weighted by molar-refractivity contribution is 8.00. The van der Waals surface area contributed by atoms with Gasteiger partial charge in [0.25, 0.3) is 0 Å². The Kier molecular flexibility index (Phi) is 7.32. The molecule has 0 aliphatic rings. The van der Waals surface area contributed by atoms with Gasteiger partial charge in [0.2, 0.25) is 5.91 Å². The van der Waals surface area contributed by atoms with Gasteiger partial charge in [0.15, 0.2) is 11.0 Å². The molecule has 0 aliphatic carbocycles. The minimum absolute atomic E-state index is 0.128. The van der Waals surface area contributed by atoms with Crippen LogP contribution in [0.15, 0.2) is 84.0 Å². The number of hydrogen-bond donors (Lipinski definition) is 1. The Morgan fingerprint density at radius 3 is 2.42 bits per heavy atom. The molecule has 1 amide bonds. The van der Waals surface area contributed by atoms with Crippen molar-refractivity contribution >= 4 is 35.0 Å². The number of carbonyl (C=O) groups is 1. The summed E-state index contributed by atoms with van der Waals surface area (Å²) in [5, 5.41) is 12.3. The molecule has 0 spiro atoms. The van der Waals surface area contributed by atoms with Crippen LogP contribution in [0.5, 0.6) is 5.75 Å². The Balaban J connectivity index is 1.50. The summed E-state index contributed by atoms with van der Waals surface area (Å²) < 4.78 is 7.64. The minimum atomic E-state index is -0.500. The number of aromatic nitrogens is 3. The monoisotopic (exact) mass is 478 g/mol. The van der Waals surface area contributed by atoms with Crippen molar-refractivity contribution in [3.63, 3.8) is 0 Å². The lowest BCUT2D eigenvalue weighted by Crippen LogP contribution is -2.19. The minimum Gasteiger partial charge on any atom is -0.486 e. The Morgan fingerprint density at radius 2 is 1.73 bits per heavy atom. The third kappa shape index (κ3) is 5.94. The second-order valence-corrected chi connectivity index (χ2v) is 8.97. The van der Waals surface area contributed by atoms with Crippen LogP contribution in [0.4, 0.5) is 5.69 Å². The molecule has 4 aromatic rings. The third-order valence-corrected chi connectivity index (χ3v) is 6.53. The molecule has 0 fully saturated rings. The molecule has 3 aromatic carbocycles. The smallest absolute Gasteiger partial charge is 0.242 e. The molecule has 168 valence electrons. The van der Waals surface area contributed by atoms with Crippen LogP contribution in [0, 0.1) is 6.92 Å². The third-order valence-electron chi connectivity index (χ3n) is 4.99. The van der Waals surface area contributed by atoms with E-state index in [0.29, 0.717) is 21.8 Å². The second kappa shape index (κ2) is 10.6. The van der Waals surface area contributed by atoms with Gasteiger partial charge in [-0.05, 0) is 48.9 Å². The van der Waals surface area contributed by atoms with Crippen LogP contribution in [0.1, 0.15) is 22.2 Å². The van der Waals surface area contributed by atoms with Crippen molar-refractivity contribution in [3.8, 4) is 5.75 Å². The number of hydrogen-bond acceptors (Lipinski definition) is 5. The summed E-state index contributed by atoms with van der Waals surface area (Å²) in [6, 6.07) is 24.5. The Morgan fingerprint density at radius 1 is 1.03 bits per heavy atom. The molecule has 1 N–H and O–H groups in total. The Bertz CT molecular complexity index is 1210. The van der Waals surface area contributed by atoms with Crippen LogP contribution in [-0.4, -0.2) is 20.7 Å². The van der Waals surface area contributed by atoms with Gasteiger partial charge in [0.1, 0.15) is 17.6 Å². The Hall–Kier alpha value is -3.29. The van der Waals surface area contributed by atoms with E-state index in [-0.39, 0.29) is 12.5 Å². The second-order valence-electron chi connectivity index (χ2n) is 7.46. The molecule has 0 radical (unpaired) electrons. The molecule has 0 unspecified atom stereocenters. The van der Waals surface area contributed by atoms with Gasteiger partial charge in [-0.3, -0.25) is 4.79 Å². The van der Waals surface area contributed by atoms with Gasteiger partial charge in [-0.1, -0.05) is 71.4 Å².